The van der Waals surface area contributed by atoms with Crippen LogP contribution in [-0.2, 0) is 9.84 Å². The lowest BCUT2D eigenvalue weighted by atomic mass is 10.2. The number of hydrogen-bond donors (Lipinski definition) is 1. The van der Waals surface area contributed by atoms with Crippen LogP contribution in [0.15, 0.2) is 53.4 Å². The van der Waals surface area contributed by atoms with Crippen molar-refractivity contribution >= 4 is 44.0 Å². The Balaban J connectivity index is 2.16. The van der Waals surface area contributed by atoms with Gasteiger partial charge in [-0.3, -0.25) is 4.79 Å². The number of benzene rings is 2. The van der Waals surface area contributed by atoms with E-state index in [1.54, 1.807) is 12.1 Å². The Morgan fingerprint density at radius 1 is 1.00 bits per heavy atom. The zero-order chi connectivity index (χ0) is 16.3. The number of halogens is 3. The van der Waals surface area contributed by atoms with Gasteiger partial charge in [0.05, 0.1) is 4.90 Å². The van der Waals surface area contributed by atoms with E-state index in [1.807, 2.05) is 12.1 Å². The molecule has 0 heterocycles. The average molecular weight is 437 g/mol. The lowest BCUT2D eigenvalue weighted by molar-refractivity contribution is 0.102. The normalized spacial score (nSPS) is 11.5. The first-order chi connectivity index (χ1) is 10.3. The van der Waals surface area contributed by atoms with Crippen molar-refractivity contribution in [3.05, 3.63) is 57.7 Å². The molecule has 0 spiro atoms. The van der Waals surface area contributed by atoms with Gasteiger partial charge in [-0.05, 0) is 71.1 Å². The number of sulfone groups is 1. The zero-order valence-corrected chi connectivity index (χ0v) is 13.9. The van der Waals surface area contributed by atoms with Gasteiger partial charge in [0, 0.05) is 14.8 Å². The minimum Gasteiger partial charge on any atom is -0.322 e. The quantitative estimate of drug-likeness (QED) is 0.745. The minimum atomic E-state index is -4.65. The summed E-state index contributed by atoms with van der Waals surface area (Å²) in [5.41, 5.74) is 0.751. The summed E-state index contributed by atoms with van der Waals surface area (Å²) in [6.07, 6.45) is 0. The van der Waals surface area contributed by atoms with Gasteiger partial charge in [-0.2, -0.15) is 8.78 Å². The van der Waals surface area contributed by atoms with Crippen molar-refractivity contribution in [2.75, 3.05) is 5.32 Å². The number of hydrogen-bond acceptors (Lipinski definition) is 3. The molecule has 2 aromatic carbocycles. The summed E-state index contributed by atoms with van der Waals surface area (Å²) in [4.78, 5) is 11.5. The number of anilines is 1. The Bertz CT molecular complexity index is 775. The molecule has 0 fully saturated rings. The fourth-order valence-corrected chi connectivity index (χ4v) is 2.72. The molecule has 0 aliphatic carbocycles. The molecule has 2 rings (SSSR count). The number of nitrogens with one attached hydrogen (secondary N) is 1. The van der Waals surface area contributed by atoms with Gasteiger partial charge >= 0.3 is 5.76 Å². The predicted molar refractivity (Wildman–Crippen MR) is 86.7 cm³/mol. The molecule has 0 atom stereocenters. The van der Waals surface area contributed by atoms with Crippen molar-refractivity contribution in [2.45, 2.75) is 10.7 Å². The molecular formula is C14H10F2INO3S. The molecule has 0 aliphatic rings. The molecule has 0 aromatic heterocycles. The van der Waals surface area contributed by atoms with Gasteiger partial charge in [0.15, 0.2) is 0 Å². The SMILES string of the molecule is O=C(Nc1ccc(I)cc1)c1ccc(S(=O)(=O)C(F)F)cc1. The molecule has 0 bridgehead atoms. The van der Waals surface area contributed by atoms with E-state index in [9.17, 15) is 22.0 Å². The molecule has 4 nitrogen and oxygen atoms in total. The van der Waals surface area contributed by atoms with Crippen LogP contribution in [-0.4, -0.2) is 20.1 Å². The van der Waals surface area contributed by atoms with Crippen LogP contribution < -0.4 is 5.32 Å². The van der Waals surface area contributed by atoms with E-state index in [-0.39, 0.29) is 5.56 Å². The summed E-state index contributed by atoms with van der Waals surface area (Å²) in [5, 5.41) is 2.63. The first-order valence-electron chi connectivity index (χ1n) is 6.00. The molecule has 0 unspecified atom stereocenters. The number of alkyl halides is 2. The molecule has 22 heavy (non-hydrogen) atoms. The van der Waals surface area contributed by atoms with E-state index >= 15 is 0 Å². The second-order valence-corrected chi connectivity index (χ2v) is 7.45. The fraction of sp³-hybridized carbons (Fsp3) is 0.0714. The molecular weight excluding hydrogens is 427 g/mol. The van der Waals surface area contributed by atoms with Gasteiger partial charge in [-0.25, -0.2) is 8.42 Å². The average Bonchev–Trinajstić information content (AvgIpc) is 2.49. The fourth-order valence-electron chi connectivity index (χ4n) is 1.64. The summed E-state index contributed by atoms with van der Waals surface area (Å²) in [6, 6.07) is 11.4. The molecule has 1 amide bonds. The number of carbonyl (C=O) groups excluding carboxylic acids is 1. The lowest BCUT2D eigenvalue weighted by Crippen LogP contribution is -2.14. The maximum Gasteiger partial charge on any atom is 0.341 e. The van der Waals surface area contributed by atoms with Crippen LogP contribution in [0.1, 0.15) is 10.4 Å². The summed E-state index contributed by atoms with van der Waals surface area (Å²) in [7, 11) is -4.65. The van der Waals surface area contributed by atoms with Crippen LogP contribution in [0.4, 0.5) is 14.5 Å². The molecule has 8 heteroatoms. The van der Waals surface area contributed by atoms with Crippen molar-refractivity contribution in [1.29, 1.82) is 0 Å². The summed E-state index contributed by atoms with van der Waals surface area (Å²) < 4.78 is 48.4. The van der Waals surface area contributed by atoms with E-state index < -0.39 is 26.4 Å². The predicted octanol–water partition coefficient (Wildman–Crippen LogP) is 3.54. The van der Waals surface area contributed by atoms with Gasteiger partial charge in [0.2, 0.25) is 9.84 Å². The molecule has 1 N–H and O–H groups in total. The van der Waals surface area contributed by atoms with Crippen molar-refractivity contribution in [1.82, 2.24) is 0 Å². The summed E-state index contributed by atoms with van der Waals surface area (Å²) in [6.45, 7) is 0. The second kappa shape index (κ2) is 6.69. The van der Waals surface area contributed by atoms with Gasteiger partial charge in [-0.15, -0.1) is 0 Å². The van der Waals surface area contributed by atoms with Crippen LogP contribution in [0.3, 0.4) is 0 Å². The van der Waals surface area contributed by atoms with E-state index in [0.29, 0.717) is 5.69 Å². The van der Waals surface area contributed by atoms with Crippen LogP contribution in [0.5, 0.6) is 0 Å². The maximum atomic E-state index is 12.4. The van der Waals surface area contributed by atoms with Crippen molar-refractivity contribution < 1.29 is 22.0 Å². The zero-order valence-electron chi connectivity index (χ0n) is 11.0. The van der Waals surface area contributed by atoms with Crippen LogP contribution in [0, 0.1) is 3.57 Å². The highest BCUT2D eigenvalue weighted by atomic mass is 127. The van der Waals surface area contributed by atoms with E-state index in [2.05, 4.69) is 27.9 Å². The van der Waals surface area contributed by atoms with Crippen molar-refractivity contribution in [3.63, 3.8) is 0 Å². The second-order valence-electron chi connectivity index (χ2n) is 4.29. The van der Waals surface area contributed by atoms with E-state index in [0.717, 1.165) is 15.7 Å². The Labute approximate surface area is 139 Å². The molecule has 0 radical (unpaired) electrons. The third-order valence-corrected chi connectivity index (χ3v) is 4.90. The highest BCUT2D eigenvalue weighted by molar-refractivity contribution is 14.1. The third-order valence-electron chi connectivity index (χ3n) is 2.78. The minimum absolute atomic E-state index is 0.173. The summed E-state index contributed by atoms with van der Waals surface area (Å²) >= 11 is 2.13. The van der Waals surface area contributed by atoms with Crippen molar-refractivity contribution in [2.24, 2.45) is 0 Å². The molecule has 0 saturated carbocycles. The standard InChI is InChI=1S/C14H10F2INO3S/c15-14(16)22(20,21)12-7-1-9(2-8-12)13(19)18-11-5-3-10(17)4-6-11/h1-8,14H,(H,18,19). The Kier molecular flexibility index (Phi) is 5.12. The van der Waals surface area contributed by atoms with Crippen LogP contribution in [0.2, 0.25) is 0 Å². The topological polar surface area (TPSA) is 63.2 Å². The van der Waals surface area contributed by atoms with Crippen LogP contribution in [0.25, 0.3) is 0 Å². The maximum absolute atomic E-state index is 12.4. The summed E-state index contributed by atoms with van der Waals surface area (Å²) in [5.74, 6) is -3.94. The number of amides is 1. The molecule has 2 aromatic rings. The monoisotopic (exact) mass is 437 g/mol. The molecule has 116 valence electrons. The lowest BCUT2D eigenvalue weighted by Gasteiger charge is -2.07. The van der Waals surface area contributed by atoms with Gasteiger partial charge in [0.25, 0.3) is 5.91 Å². The molecule has 0 aliphatic heterocycles. The van der Waals surface area contributed by atoms with Crippen LogP contribution >= 0.6 is 22.6 Å². The van der Waals surface area contributed by atoms with Gasteiger partial charge in [-0.1, -0.05) is 0 Å². The van der Waals surface area contributed by atoms with E-state index in [4.69, 9.17) is 0 Å². The van der Waals surface area contributed by atoms with Crippen molar-refractivity contribution in [3.8, 4) is 0 Å². The Morgan fingerprint density at radius 3 is 2.05 bits per heavy atom. The van der Waals surface area contributed by atoms with Gasteiger partial charge < -0.3 is 5.32 Å². The Hall–Kier alpha value is -1.55. The van der Waals surface area contributed by atoms with E-state index in [1.165, 1.54) is 12.1 Å². The third kappa shape index (κ3) is 3.80. The highest BCUT2D eigenvalue weighted by Gasteiger charge is 2.26. The largest absolute Gasteiger partial charge is 0.341 e. The first kappa shape index (κ1) is 16.8. The molecule has 0 saturated heterocycles. The highest BCUT2D eigenvalue weighted by Crippen LogP contribution is 2.19. The number of rotatable bonds is 4. The first-order valence-corrected chi connectivity index (χ1v) is 8.62. The van der Waals surface area contributed by atoms with Gasteiger partial charge in [0.1, 0.15) is 0 Å². The number of carbonyl (C=O) groups is 1. The smallest absolute Gasteiger partial charge is 0.322 e. The Morgan fingerprint density at radius 2 is 1.55 bits per heavy atom.